The normalized spacial score (nSPS) is 9.92. The summed E-state index contributed by atoms with van der Waals surface area (Å²) in [6.45, 7) is 0. The van der Waals surface area contributed by atoms with Crippen molar-refractivity contribution in [2.75, 3.05) is 5.73 Å². The molecule has 6 heteroatoms. The van der Waals surface area contributed by atoms with Gasteiger partial charge in [-0.05, 0) is 28.8 Å². The van der Waals surface area contributed by atoms with Crippen LogP contribution in [0.15, 0.2) is 24.3 Å². The Morgan fingerprint density at radius 2 is 1.83 bits per heavy atom. The summed E-state index contributed by atoms with van der Waals surface area (Å²) in [5.74, 6) is 0.273. The van der Waals surface area contributed by atoms with E-state index >= 15 is 0 Å². The Morgan fingerprint density at radius 1 is 1.33 bits per heavy atom. The van der Waals surface area contributed by atoms with Crippen molar-refractivity contribution in [3.05, 3.63) is 24.3 Å². The van der Waals surface area contributed by atoms with Gasteiger partial charge in [0, 0.05) is 5.69 Å². The van der Waals surface area contributed by atoms with Crippen LogP contribution in [0.2, 0.25) is 0 Å². The molecule has 0 fully saturated rings. The second kappa shape index (κ2) is 5.18. The summed E-state index contributed by atoms with van der Waals surface area (Å²) >= 11 is 0. The Hall–Kier alpha value is -0.523. The van der Waals surface area contributed by atoms with Crippen LogP contribution in [-0.2, 0) is 4.57 Å². The molecule has 0 aliphatic heterocycles. The van der Waals surface area contributed by atoms with E-state index in [-0.39, 0.29) is 24.6 Å². The Morgan fingerprint density at radius 3 is 2.25 bits per heavy atom. The molecule has 1 rings (SSSR count). The number of nitrogens with two attached hydrogens (primary N) is 1. The van der Waals surface area contributed by atoms with Crippen molar-refractivity contribution in [2.24, 2.45) is 0 Å². The average Bonchev–Trinajstić information content (AvgIpc) is 1.93. The minimum Gasteiger partial charge on any atom is -0.558 e. The number of hydrogen-bond acceptors (Lipinski definition) is 4. The molecule has 0 aliphatic rings. The molecule has 0 amide bonds. The van der Waals surface area contributed by atoms with Gasteiger partial charge >= 0.3 is 27.1 Å². The van der Waals surface area contributed by atoms with Crippen LogP contribution in [0.25, 0.3) is 0 Å². The zero-order chi connectivity index (χ0) is 8.27. The number of hydrogen-bond donors (Lipinski definition) is 1. The molecule has 0 heterocycles. The minimum atomic E-state index is -2.83. The molecule has 1 aromatic carbocycles. The van der Waals surface area contributed by atoms with Gasteiger partial charge in [0.1, 0.15) is 0 Å². The van der Waals surface area contributed by atoms with E-state index < -0.39 is 8.25 Å². The molecule has 0 saturated carbocycles. The van der Waals surface area contributed by atoms with E-state index in [1.165, 1.54) is 12.1 Å². The van der Waals surface area contributed by atoms with E-state index in [0.717, 1.165) is 0 Å². The van der Waals surface area contributed by atoms with Crippen molar-refractivity contribution in [3.8, 4) is 5.75 Å². The molecule has 0 radical (unpaired) electrons. The Labute approximate surface area is 82.9 Å². The summed E-state index contributed by atoms with van der Waals surface area (Å²) in [4.78, 5) is 10.0. The third-order valence-corrected chi connectivity index (χ3v) is 1.42. The summed E-state index contributed by atoms with van der Waals surface area (Å²) in [5, 5.41) is 0. The number of rotatable bonds is 2. The van der Waals surface area contributed by atoms with E-state index in [2.05, 4.69) is 4.52 Å². The molecule has 0 aliphatic carbocycles. The molecule has 0 bridgehead atoms. The first-order valence-electron chi connectivity index (χ1n) is 2.86. The van der Waals surface area contributed by atoms with Gasteiger partial charge in [0.25, 0.3) is 0 Å². The van der Waals surface area contributed by atoms with Crippen LogP contribution in [0.4, 0.5) is 5.69 Å². The molecular formula is C6H6LiNO3P+. The van der Waals surface area contributed by atoms with Gasteiger partial charge in [-0.3, -0.25) is 4.52 Å². The summed E-state index contributed by atoms with van der Waals surface area (Å²) in [5.41, 5.74) is 5.92. The van der Waals surface area contributed by atoms with Gasteiger partial charge in [-0.15, -0.1) is 0 Å². The third kappa shape index (κ3) is 3.75. The van der Waals surface area contributed by atoms with Crippen molar-refractivity contribution in [3.63, 3.8) is 0 Å². The predicted octanol–water partition coefficient (Wildman–Crippen LogP) is -2.33. The van der Waals surface area contributed by atoms with Crippen LogP contribution >= 0.6 is 8.25 Å². The van der Waals surface area contributed by atoms with Crippen molar-refractivity contribution < 1.29 is 32.8 Å². The largest absolute Gasteiger partial charge is 1.00 e. The van der Waals surface area contributed by atoms with Crippen molar-refractivity contribution in [1.82, 2.24) is 0 Å². The summed E-state index contributed by atoms with van der Waals surface area (Å²) < 4.78 is 14.4. The molecule has 0 spiro atoms. The number of anilines is 1. The summed E-state index contributed by atoms with van der Waals surface area (Å²) in [6, 6.07) is 6.10. The molecule has 4 nitrogen and oxygen atoms in total. The van der Waals surface area contributed by atoms with E-state index in [1.807, 2.05) is 0 Å². The maximum absolute atomic E-state index is 10.0. The number of nitrogen functional groups attached to an aromatic ring is 1. The average molecular weight is 178 g/mol. The first kappa shape index (κ1) is 11.5. The summed E-state index contributed by atoms with van der Waals surface area (Å²) in [6.07, 6.45) is 0. The zero-order valence-corrected chi connectivity index (χ0v) is 7.45. The van der Waals surface area contributed by atoms with Gasteiger partial charge in [-0.25, -0.2) is 0 Å². The molecule has 1 atom stereocenters. The topological polar surface area (TPSA) is 75.4 Å². The predicted molar refractivity (Wildman–Crippen MR) is 39.1 cm³/mol. The molecule has 0 aromatic heterocycles. The molecular weight excluding hydrogens is 172 g/mol. The standard InChI is InChI=1S/C6H6NO3P.Li/c7-5-1-3-6(4-2-5)10-11(8)9;/h1-4H,7H2;/q;+1. The zero-order valence-electron chi connectivity index (χ0n) is 6.56. The van der Waals surface area contributed by atoms with Crippen LogP contribution in [0.1, 0.15) is 0 Å². The smallest absolute Gasteiger partial charge is 0.558 e. The second-order valence-electron chi connectivity index (χ2n) is 1.88. The SMILES string of the molecule is Nc1ccc(O[P+](=O)[O-])cc1.[Li+]. The van der Waals surface area contributed by atoms with Gasteiger partial charge in [-0.2, -0.15) is 0 Å². The van der Waals surface area contributed by atoms with Crippen molar-refractivity contribution >= 4 is 13.9 Å². The second-order valence-corrected chi connectivity index (χ2v) is 2.51. The van der Waals surface area contributed by atoms with E-state index in [4.69, 9.17) is 5.73 Å². The summed E-state index contributed by atoms with van der Waals surface area (Å²) in [7, 11) is -2.83. The maximum Gasteiger partial charge on any atom is 1.00 e. The van der Waals surface area contributed by atoms with Crippen LogP contribution in [-0.4, -0.2) is 0 Å². The van der Waals surface area contributed by atoms with Crippen LogP contribution in [0.3, 0.4) is 0 Å². The fourth-order valence-electron chi connectivity index (χ4n) is 0.615. The van der Waals surface area contributed by atoms with Gasteiger partial charge in [0.15, 0.2) is 5.75 Å². The quantitative estimate of drug-likeness (QED) is 0.313. The first-order chi connectivity index (χ1) is 5.18. The maximum atomic E-state index is 10.0. The van der Waals surface area contributed by atoms with E-state index in [0.29, 0.717) is 5.69 Å². The Balaban J connectivity index is 0.00000121. The van der Waals surface area contributed by atoms with Crippen molar-refractivity contribution in [2.45, 2.75) is 0 Å². The first-order valence-corrected chi connectivity index (χ1v) is 3.96. The van der Waals surface area contributed by atoms with Gasteiger partial charge in [0.05, 0.1) is 0 Å². The van der Waals surface area contributed by atoms with Crippen molar-refractivity contribution in [1.29, 1.82) is 0 Å². The van der Waals surface area contributed by atoms with Crippen LogP contribution in [0.5, 0.6) is 5.75 Å². The monoisotopic (exact) mass is 178 g/mol. The fraction of sp³-hybridized carbons (Fsp3) is 0. The van der Waals surface area contributed by atoms with E-state index in [9.17, 15) is 9.46 Å². The Kier molecular flexibility index (Phi) is 4.96. The molecule has 2 N–H and O–H groups in total. The fourth-order valence-corrected chi connectivity index (χ4v) is 0.909. The van der Waals surface area contributed by atoms with Gasteiger partial charge in [0.2, 0.25) is 0 Å². The Bertz CT molecular complexity index is 264. The van der Waals surface area contributed by atoms with Gasteiger partial charge in [-0.1, -0.05) is 0 Å². The molecule has 58 valence electrons. The van der Waals surface area contributed by atoms with Crippen LogP contribution < -0.4 is 34.0 Å². The molecule has 0 saturated heterocycles. The van der Waals surface area contributed by atoms with Crippen LogP contribution in [0, 0.1) is 0 Å². The molecule has 12 heavy (non-hydrogen) atoms. The molecule has 1 unspecified atom stereocenters. The third-order valence-electron chi connectivity index (χ3n) is 1.06. The molecule has 1 aromatic rings. The van der Waals surface area contributed by atoms with Gasteiger partial charge < -0.3 is 10.6 Å². The number of benzene rings is 1. The minimum absolute atomic E-state index is 0. The van der Waals surface area contributed by atoms with E-state index in [1.54, 1.807) is 12.1 Å².